The van der Waals surface area contributed by atoms with Crippen LogP contribution in [0.3, 0.4) is 0 Å². The van der Waals surface area contributed by atoms with Gasteiger partial charge in [0.1, 0.15) is 0 Å². The van der Waals surface area contributed by atoms with Gasteiger partial charge in [-0.15, -0.1) is 0 Å². The molecular weight excluding hydrogens is 285 g/mol. The summed E-state index contributed by atoms with van der Waals surface area (Å²) in [5, 5.41) is 10.4. The standard InChI is InChI=1S/C14H17Cl2NO2/c1-9-2-3-11(14(18)19)8-17(9)7-10-4-12(15)6-13(16)5-10/h4-6,9,11H,2-3,7-8H2,1H3,(H,18,19). The molecule has 0 saturated carbocycles. The van der Waals surface area contributed by atoms with Gasteiger partial charge in [-0.1, -0.05) is 23.2 Å². The Morgan fingerprint density at radius 3 is 2.53 bits per heavy atom. The first-order valence-electron chi connectivity index (χ1n) is 6.37. The van der Waals surface area contributed by atoms with Crippen molar-refractivity contribution >= 4 is 29.2 Å². The van der Waals surface area contributed by atoms with E-state index in [0.29, 0.717) is 29.2 Å². The maximum absolute atomic E-state index is 11.1. The molecule has 1 N–H and O–H groups in total. The number of halogens is 2. The molecule has 0 radical (unpaired) electrons. The predicted octanol–water partition coefficient (Wildman–Crippen LogP) is 3.68. The second kappa shape index (κ2) is 6.12. The lowest BCUT2D eigenvalue weighted by Gasteiger charge is -2.36. The molecule has 2 atom stereocenters. The number of carbonyl (C=O) groups is 1. The van der Waals surface area contributed by atoms with Crippen LogP contribution in [0.4, 0.5) is 0 Å². The summed E-state index contributed by atoms with van der Waals surface area (Å²) >= 11 is 12.0. The average Bonchev–Trinajstić information content (AvgIpc) is 2.30. The normalized spacial score (nSPS) is 24.4. The molecule has 1 aromatic rings. The lowest BCUT2D eigenvalue weighted by atomic mass is 9.93. The van der Waals surface area contributed by atoms with Crippen molar-refractivity contribution in [1.29, 1.82) is 0 Å². The third kappa shape index (κ3) is 3.85. The molecule has 0 aliphatic carbocycles. The molecule has 1 fully saturated rings. The largest absolute Gasteiger partial charge is 0.481 e. The van der Waals surface area contributed by atoms with Crippen molar-refractivity contribution in [2.24, 2.45) is 5.92 Å². The first-order chi connectivity index (χ1) is 8.95. The number of benzene rings is 1. The Hall–Kier alpha value is -0.770. The van der Waals surface area contributed by atoms with Crippen molar-refractivity contribution in [1.82, 2.24) is 4.90 Å². The highest BCUT2D eigenvalue weighted by atomic mass is 35.5. The van der Waals surface area contributed by atoms with E-state index in [4.69, 9.17) is 28.3 Å². The lowest BCUT2D eigenvalue weighted by Crippen LogP contribution is -2.43. The van der Waals surface area contributed by atoms with E-state index < -0.39 is 5.97 Å². The highest BCUT2D eigenvalue weighted by Gasteiger charge is 2.29. The lowest BCUT2D eigenvalue weighted by molar-refractivity contribution is -0.144. The van der Waals surface area contributed by atoms with Gasteiger partial charge in [0.25, 0.3) is 0 Å². The van der Waals surface area contributed by atoms with Crippen LogP contribution < -0.4 is 0 Å². The molecule has 1 aromatic carbocycles. The predicted molar refractivity (Wildman–Crippen MR) is 76.7 cm³/mol. The number of nitrogens with zero attached hydrogens (tertiary/aromatic N) is 1. The molecule has 2 rings (SSSR count). The Labute approximate surface area is 123 Å². The van der Waals surface area contributed by atoms with Gasteiger partial charge >= 0.3 is 5.97 Å². The smallest absolute Gasteiger partial charge is 0.307 e. The van der Waals surface area contributed by atoms with Gasteiger partial charge in [-0.25, -0.2) is 0 Å². The van der Waals surface area contributed by atoms with E-state index in [-0.39, 0.29) is 5.92 Å². The van der Waals surface area contributed by atoms with Crippen LogP contribution in [0.2, 0.25) is 10.0 Å². The monoisotopic (exact) mass is 301 g/mol. The summed E-state index contributed by atoms with van der Waals surface area (Å²) < 4.78 is 0. The highest BCUT2D eigenvalue weighted by molar-refractivity contribution is 6.34. The molecule has 1 aliphatic rings. The number of piperidine rings is 1. The molecule has 19 heavy (non-hydrogen) atoms. The number of carboxylic acid groups (broad SMARTS) is 1. The summed E-state index contributed by atoms with van der Waals surface area (Å²) in [5.41, 5.74) is 1.02. The van der Waals surface area contributed by atoms with Crippen LogP contribution in [-0.2, 0) is 11.3 Å². The Bertz CT molecular complexity index is 458. The van der Waals surface area contributed by atoms with E-state index in [0.717, 1.165) is 18.4 Å². The summed E-state index contributed by atoms with van der Waals surface area (Å²) in [6.45, 7) is 3.40. The van der Waals surface area contributed by atoms with Gasteiger partial charge in [0.2, 0.25) is 0 Å². The Kier molecular flexibility index (Phi) is 4.71. The van der Waals surface area contributed by atoms with Crippen LogP contribution in [0, 0.1) is 5.92 Å². The zero-order valence-electron chi connectivity index (χ0n) is 10.8. The second-order valence-corrected chi connectivity index (χ2v) is 6.04. The quantitative estimate of drug-likeness (QED) is 0.926. The molecule has 2 unspecified atom stereocenters. The van der Waals surface area contributed by atoms with Crippen molar-refractivity contribution < 1.29 is 9.90 Å². The molecule has 1 heterocycles. The van der Waals surface area contributed by atoms with E-state index in [2.05, 4.69) is 11.8 Å². The van der Waals surface area contributed by atoms with E-state index in [1.54, 1.807) is 6.07 Å². The molecular formula is C14H17Cl2NO2. The molecule has 1 aliphatic heterocycles. The Morgan fingerprint density at radius 1 is 1.32 bits per heavy atom. The van der Waals surface area contributed by atoms with Crippen LogP contribution in [0.1, 0.15) is 25.3 Å². The highest BCUT2D eigenvalue weighted by Crippen LogP contribution is 2.26. The van der Waals surface area contributed by atoms with Crippen LogP contribution in [0.5, 0.6) is 0 Å². The zero-order valence-corrected chi connectivity index (χ0v) is 12.3. The van der Waals surface area contributed by atoms with Gasteiger partial charge < -0.3 is 5.11 Å². The number of likely N-dealkylation sites (tertiary alicyclic amines) is 1. The first-order valence-corrected chi connectivity index (χ1v) is 7.13. The Balaban J connectivity index is 2.09. The van der Waals surface area contributed by atoms with Gasteiger partial charge in [0.05, 0.1) is 5.92 Å². The Morgan fingerprint density at radius 2 is 1.95 bits per heavy atom. The minimum atomic E-state index is -0.707. The minimum Gasteiger partial charge on any atom is -0.481 e. The minimum absolute atomic E-state index is 0.272. The molecule has 3 nitrogen and oxygen atoms in total. The second-order valence-electron chi connectivity index (χ2n) is 5.17. The number of hydrogen-bond donors (Lipinski definition) is 1. The fraction of sp³-hybridized carbons (Fsp3) is 0.500. The summed E-state index contributed by atoms with van der Waals surface area (Å²) in [6.07, 6.45) is 1.66. The molecule has 1 saturated heterocycles. The maximum atomic E-state index is 11.1. The average molecular weight is 302 g/mol. The maximum Gasteiger partial charge on any atom is 0.307 e. The SMILES string of the molecule is CC1CCC(C(=O)O)CN1Cc1cc(Cl)cc(Cl)c1. The van der Waals surface area contributed by atoms with Crippen LogP contribution in [0.25, 0.3) is 0 Å². The van der Waals surface area contributed by atoms with Crippen molar-refractivity contribution in [3.8, 4) is 0 Å². The van der Waals surface area contributed by atoms with Gasteiger partial charge in [-0.05, 0) is 43.5 Å². The van der Waals surface area contributed by atoms with Gasteiger partial charge in [-0.3, -0.25) is 9.69 Å². The van der Waals surface area contributed by atoms with E-state index in [9.17, 15) is 4.79 Å². The number of aliphatic carboxylic acids is 1. The van der Waals surface area contributed by atoms with Gasteiger partial charge in [-0.2, -0.15) is 0 Å². The van der Waals surface area contributed by atoms with Gasteiger partial charge in [0.15, 0.2) is 0 Å². The molecule has 0 aromatic heterocycles. The summed E-state index contributed by atoms with van der Waals surface area (Å²) in [4.78, 5) is 13.3. The molecule has 104 valence electrons. The molecule has 5 heteroatoms. The third-order valence-electron chi connectivity index (χ3n) is 3.67. The van der Waals surface area contributed by atoms with E-state index in [1.165, 1.54) is 0 Å². The molecule has 0 spiro atoms. The van der Waals surface area contributed by atoms with Gasteiger partial charge in [0, 0.05) is 29.2 Å². The van der Waals surface area contributed by atoms with Crippen molar-refractivity contribution in [2.45, 2.75) is 32.4 Å². The van der Waals surface area contributed by atoms with Crippen molar-refractivity contribution in [2.75, 3.05) is 6.54 Å². The number of hydrogen-bond acceptors (Lipinski definition) is 2. The topological polar surface area (TPSA) is 40.5 Å². The van der Waals surface area contributed by atoms with E-state index in [1.807, 2.05) is 12.1 Å². The van der Waals surface area contributed by atoms with Crippen molar-refractivity contribution in [3.63, 3.8) is 0 Å². The zero-order chi connectivity index (χ0) is 14.0. The fourth-order valence-electron chi connectivity index (χ4n) is 2.54. The fourth-order valence-corrected chi connectivity index (χ4v) is 3.11. The molecule has 0 amide bonds. The van der Waals surface area contributed by atoms with Crippen LogP contribution >= 0.6 is 23.2 Å². The summed E-state index contributed by atoms with van der Waals surface area (Å²) in [6, 6.07) is 5.84. The first kappa shape index (κ1) is 14.6. The van der Waals surface area contributed by atoms with E-state index >= 15 is 0 Å². The number of carboxylic acids is 1. The summed E-state index contributed by atoms with van der Waals surface area (Å²) in [7, 11) is 0. The molecule has 0 bridgehead atoms. The van der Waals surface area contributed by atoms with Crippen molar-refractivity contribution in [3.05, 3.63) is 33.8 Å². The van der Waals surface area contributed by atoms with Crippen LogP contribution in [0.15, 0.2) is 18.2 Å². The summed E-state index contributed by atoms with van der Waals surface area (Å²) in [5.74, 6) is -0.980. The number of rotatable bonds is 3. The van der Waals surface area contributed by atoms with Crippen LogP contribution in [-0.4, -0.2) is 28.6 Å². The third-order valence-corrected chi connectivity index (χ3v) is 4.10.